The summed E-state index contributed by atoms with van der Waals surface area (Å²) in [6.07, 6.45) is 1.05. The van der Waals surface area contributed by atoms with Gasteiger partial charge in [-0.2, -0.15) is 0 Å². The maximum Gasteiger partial charge on any atom is 0.320 e. The molecular weight excluding hydrogens is 488 g/mol. The van der Waals surface area contributed by atoms with Crippen molar-refractivity contribution in [3.8, 4) is 0 Å². The molecule has 5 aliphatic rings. The fourth-order valence-electron chi connectivity index (χ4n) is 6.21. The molecule has 0 aliphatic carbocycles. The molecule has 2 amide bonds. The van der Waals surface area contributed by atoms with E-state index in [4.69, 9.17) is 0 Å². The Kier molecular flexibility index (Phi) is 6.22. The third-order valence-corrected chi connectivity index (χ3v) is 11.4. The summed E-state index contributed by atoms with van der Waals surface area (Å²) >= 11 is 0. The average molecular weight is 525 g/mol. The molecule has 194 valence electrons. The zero-order valence-electron chi connectivity index (χ0n) is 20.6. The van der Waals surface area contributed by atoms with Crippen LogP contribution >= 0.6 is 0 Å². The number of amides is 2. The molecule has 1 aromatic rings. The molecule has 5 fully saturated rings. The fraction of sp³-hybridized carbons (Fsp3) is 0.708. The molecule has 11 heteroatoms. The van der Waals surface area contributed by atoms with Gasteiger partial charge in [0.05, 0.1) is 29.1 Å². The molecule has 0 saturated carbocycles. The van der Waals surface area contributed by atoms with Gasteiger partial charge in [-0.25, -0.2) is 21.6 Å². The van der Waals surface area contributed by atoms with Gasteiger partial charge < -0.3 is 19.6 Å². The Morgan fingerprint density at radius 3 is 1.91 bits per heavy atom. The van der Waals surface area contributed by atoms with E-state index in [1.165, 1.54) is 0 Å². The standard InChI is InChI=1S/C24H36N4O5S2/c1-24(2)15-19-16-27(23(29)26-9-13-35(32,33)14-10-26)18-22(24)28(17-19)21-5-3-20(4-6-21)25-7-11-34(30,31)12-8-25/h3-6,19,22H,7-18H2,1-2H3/t19-,22-/m1/s1. The maximum absolute atomic E-state index is 13.3. The molecule has 1 aromatic carbocycles. The Labute approximate surface area is 208 Å². The number of urea groups is 1. The monoisotopic (exact) mass is 524 g/mol. The van der Waals surface area contributed by atoms with Crippen LogP contribution in [0.15, 0.2) is 24.3 Å². The van der Waals surface area contributed by atoms with Crippen molar-refractivity contribution in [1.82, 2.24) is 9.80 Å². The zero-order valence-corrected chi connectivity index (χ0v) is 22.2. The average Bonchev–Trinajstić information content (AvgIpc) is 3.06. The van der Waals surface area contributed by atoms with Gasteiger partial charge in [-0.15, -0.1) is 0 Å². The minimum absolute atomic E-state index is 0.0308. The van der Waals surface area contributed by atoms with Gasteiger partial charge in [0.15, 0.2) is 19.7 Å². The lowest BCUT2D eigenvalue weighted by Crippen LogP contribution is -2.55. The predicted molar refractivity (Wildman–Crippen MR) is 138 cm³/mol. The van der Waals surface area contributed by atoms with Gasteiger partial charge in [0.25, 0.3) is 0 Å². The molecule has 5 heterocycles. The normalized spacial score (nSPS) is 29.7. The predicted octanol–water partition coefficient (Wildman–Crippen LogP) is 1.31. The molecule has 5 aliphatic heterocycles. The summed E-state index contributed by atoms with van der Waals surface area (Å²) in [5.41, 5.74) is 2.20. The number of fused-ring (bicyclic) bond motifs is 4. The number of nitrogens with zero attached hydrogens (tertiary/aromatic N) is 4. The summed E-state index contributed by atoms with van der Waals surface area (Å²) < 4.78 is 47.2. The Morgan fingerprint density at radius 2 is 1.31 bits per heavy atom. The van der Waals surface area contributed by atoms with E-state index in [0.717, 1.165) is 24.3 Å². The number of piperidine rings is 1. The first kappa shape index (κ1) is 24.7. The van der Waals surface area contributed by atoms with Crippen LogP contribution in [-0.4, -0.2) is 108 Å². The number of hydrogen-bond acceptors (Lipinski definition) is 7. The van der Waals surface area contributed by atoms with E-state index in [0.29, 0.717) is 32.1 Å². The second kappa shape index (κ2) is 8.83. The van der Waals surface area contributed by atoms with Crippen molar-refractivity contribution in [3.05, 3.63) is 24.3 Å². The molecule has 0 N–H and O–H groups in total. The Morgan fingerprint density at radius 1 is 0.771 bits per heavy atom. The van der Waals surface area contributed by atoms with Crippen LogP contribution in [0.3, 0.4) is 0 Å². The molecule has 0 radical (unpaired) electrons. The molecule has 9 nitrogen and oxygen atoms in total. The Balaban J connectivity index is 1.32. The van der Waals surface area contributed by atoms with Crippen molar-refractivity contribution in [3.63, 3.8) is 0 Å². The number of rotatable bonds is 2. The number of carbonyl (C=O) groups excluding carboxylic acids is 1. The van der Waals surface area contributed by atoms with E-state index in [-0.39, 0.29) is 53.6 Å². The molecule has 0 aromatic heterocycles. The Bertz CT molecular complexity index is 1150. The third kappa shape index (κ3) is 5.12. The molecule has 0 spiro atoms. The molecule has 5 saturated heterocycles. The van der Waals surface area contributed by atoms with Crippen molar-refractivity contribution < 1.29 is 21.6 Å². The lowest BCUT2D eigenvalue weighted by molar-refractivity contribution is 0.153. The summed E-state index contributed by atoms with van der Waals surface area (Å²) in [6.45, 7) is 8.36. The largest absolute Gasteiger partial charge is 0.369 e. The van der Waals surface area contributed by atoms with Crippen LogP contribution < -0.4 is 9.80 Å². The van der Waals surface area contributed by atoms with E-state index in [2.05, 4.69) is 47.9 Å². The molecular formula is C24H36N4O5S2. The highest BCUT2D eigenvalue weighted by Crippen LogP contribution is 2.43. The van der Waals surface area contributed by atoms with E-state index in [9.17, 15) is 21.6 Å². The molecule has 2 atom stereocenters. The highest BCUT2D eigenvalue weighted by atomic mass is 32.2. The molecule has 0 unspecified atom stereocenters. The molecule has 2 bridgehead atoms. The maximum atomic E-state index is 13.3. The van der Waals surface area contributed by atoms with E-state index >= 15 is 0 Å². The lowest BCUT2D eigenvalue weighted by atomic mass is 9.73. The number of carbonyl (C=O) groups is 1. The number of benzene rings is 1. The van der Waals surface area contributed by atoms with E-state index in [1.807, 2.05) is 4.90 Å². The summed E-state index contributed by atoms with van der Waals surface area (Å²) in [7, 11) is -5.94. The van der Waals surface area contributed by atoms with Crippen molar-refractivity contribution in [2.75, 3.05) is 78.6 Å². The number of sulfone groups is 2. The van der Waals surface area contributed by atoms with Crippen LogP contribution in [0.4, 0.5) is 16.2 Å². The van der Waals surface area contributed by atoms with Gasteiger partial charge in [0.1, 0.15) is 0 Å². The number of hydrogen-bond donors (Lipinski definition) is 0. The quantitative estimate of drug-likeness (QED) is 0.575. The second-order valence-corrected chi connectivity index (χ2v) is 15.8. The summed E-state index contributed by atoms with van der Waals surface area (Å²) in [4.78, 5) is 21.6. The van der Waals surface area contributed by atoms with Crippen molar-refractivity contribution in [1.29, 1.82) is 0 Å². The van der Waals surface area contributed by atoms with Crippen molar-refractivity contribution >= 4 is 37.1 Å². The lowest BCUT2D eigenvalue weighted by Gasteiger charge is -2.48. The summed E-state index contributed by atoms with van der Waals surface area (Å²) in [5, 5.41) is 0. The van der Waals surface area contributed by atoms with Crippen LogP contribution in [0.5, 0.6) is 0 Å². The van der Waals surface area contributed by atoms with Crippen molar-refractivity contribution in [2.24, 2.45) is 11.3 Å². The van der Waals surface area contributed by atoms with E-state index in [1.54, 1.807) is 4.90 Å². The van der Waals surface area contributed by atoms with Crippen LogP contribution in [-0.2, 0) is 19.7 Å². The SMILES string of the molecule is CC1(C)C[C@@H]2CN(C(=O)N3CCS(=O)(=O)CC3)C[C@H]1N(c1ccc(N3CCS(=O)(=O)CC3)cc1)C2. The van der Waals surface area contributed by atoms with Gasteiger partial charge >= 0.3 is 6.03 Å². The van der Waals surface area contributed by atoms with Gasteiger partial charge in [-0.1, -0.05) is 13.8 Å². The van der Waals surface area contributed by atoms with Gasteiger partial charge in [0, 0.05) is 57.2 Å². The third-order valence-electron chi connectivity index (χ3n) is 8.20. The second-order valence-electron chi connectivity index (χ2n) is 11.2. The topological polar surface area (TPSA) is 98.3 Å². The van der Waals surface area contributed by atoms with E-state index < -0.39 is 19.7 Å². The van der Waals surface area contributed by atoms with Gasteiger partial charge in [0.2, 0.25) is 0 Å². The van der Waals surface area contributed by atoms with Crippen LogP contribution in [0.2, 0.25) is 0 Å². The van der Waals surface area contributed by atoms with Gasteiger partial charge in [-0.05, 0) is 42.0 Å². The smallest absolute Gasteiger partial charge is 0.320 e. The molecule has 35 heavy (non-hydrogen) atoms. The van der Waals surface area contributed by atoms with Crippen LogP contribution in [0, 0.1) is 11.3 Å². The first-order valence-electron chi connectivity index (χ1n) is 12.5. The highest BCUT2D eigenvalue weighted by molar-refractivity contribution is 7.91. The number of anilines is 2. The first-order chi connectivity index (χ1) is 16.4. The van der Waals surface area contributed by atoms with Crippen molar-refractivity contribution in [2.45, 2.75) is 26.3 Å². The van der Waals surface area contributed by atoms with Gasteiger partial charge in [-0.3, -0.25) is 0 Å². The van der Waals surface area contributed by atoms with Crippen LogP contribution in [0.25, 0.3) is 0 Å². The minimum Gasteiger partial charge on any atom is -0.369 e. The fourth-order valence-corrected chi connectivity index (χ4v) is 8.61. The van der Waals surface area contributed by atoms with Crippen LogP contribution in [0.1, 0.15) is 20.3 Å². The highest BCUT2D eigenvalue weighted by Gasteiger charge is 2.47. The minimum atomic E-state index is -3.03. The first-order valence-corrected chi connectivity index (χ1v) is 16.1. The summed E-state index contributed by atoms with van der Waals surface area (Å²) in [6, 6.07) is 8.52. The summed E-state index contributed by atoms with van der Waals surface area (Å²) in [5.74, 6) is 0.837. The Hall–Kier alpha value is -2.01. The zero-order chi connectivity index (χ0) is 25.0. The molecule has 6 rings (SSSR count).